The average molecular weight is 285 g/mol. The van der Waals surface area contributed by atoms with Gasteiger partial charge in [-0.15, -0.1) is 0 Å². The molecule has 0 aliphatic heterocycles. The van der Waals surface area contributed by atoms with E-state index in [1.165, 1.54) is 17.4 Å². The molecule has 3 rings (SSSR count). The monoisotopic (exact) mass is 285 g/mol. The van der Waals surface area contributed by atoms with E-state index in [1.54, 1.807) is 18.3 Å². The maximum Gasteiger partial charge on any atom is 0.278 e. The number of benzene rings is 2. The van der Waals surface area contributed by atoms with Crippen molar-refractivity contribution < 1.29 is 9.13 Å². The molecule has 0 N–H and O–H groups in total. The summed E-state index contributed by atoms with van der Waals surface area (Å²) in [4.78, 5) is 5.21. The highest BCUT2D eigenvalue weighted by atomic mass is 32.1. The van der Waals surface area contributed by atoms with E-state index in [1.807, 2.05) is 37.3 Å². The predicted molar refractivity (Wildman–Crippen MR) is 78.8 cm³/mol. The fourth-order valence-electron chi connectivity index (χ4n) is 1.89. The topological polar surface area (TPSA) is 22.1 Å². The first-order valence-corrected chi connectivity index (χ1v) is 6.99. The molecule has 0 aliphatic carbocycles. The maximum atomic E-state index is 13.9. The van der Waals surface area contributed by atoms with E-state index in [2.05, 4.69) is 4.98 Å². The number of halogens is 1. The van der Waals surface area contributed by atoms with Crippen molar-refractivity contribution in [3.63, 3.8) is 0 Å². The second-order valence-corrected chi connectivity index (χ2v) is 5.54. The van der Waals surface area contributed by atoms with Gasteiger partial charge in [-0.2, -0.15) is 0 Å². The van der Waals surface area contributed by atoms with Crippen LogP contribution >= 0.6 is 11.3 Å². The van der Waals surface area contributed by atoms with Crippen LogP contribution in [0.4, 0.5) is 4.39 Å². The SMILES string of the molecule is Cc1cnc(Oc2ccc(F)c(-c3ccccc3)c2)s1. The molecule has 2 aromatic carbocycles. The molecule has 0 spiro atoms. The third kappa shape index (κ3) is 2.70. The van der Waals surface area contributed by atoms with Crippen LogP contribution in [0.15, 0.2) is 54.7 Å². The van der Waals surface area contributed by atoms with Gasteiger partial charge >= 0.3 is 0 Å². The number of nitrogens with zero attached hydrogens (tertiary/aromatic N) is 1. The van der Waals surface area contributed by atoms with Crippen LogP contribution in [0.2, 0.25) is 0 Å². The highest BCUT2D eigenvalue weighted by molar-refractivity contribution is 7.13. The molecule has 1 heterocycles. The quantitative estimate of drug-likeness (QED) is 0.671. The summed E-state index contributed by atoms with van der Waals surface area (Å²) in [6.45, 7) is 1.96. The summed E-state index contributed by atoms with van der Waals surface area (Å²) < 4.78 is 19.6. The van der Waals surface area contributed by atoms with E-state index in [0.29, 0.717) is 16.5 Å². The Balaban J connectivity index is 1.94. The summed E-state index contributed by atoms with van der Waals surface area (Å²) in [5.74, 6) is 0.318. The summed E-state index contributed by atoms with van der Waals surface area (Å²) in [5, 5.41) is 0.563. The van der Waals surface area contributed by atoms with Crippen LogP contribution in [-0.4, -0.2) is 4.98 Å². The Morgan fingerprint density at radius 2 is 1.90 bits per heavy atom. The number of aromatic nitrogens is 1. The number of thiazole rings is 1. The highest BCUT2D eigenvalue weighted by Crippen LogP contribution is 2.31. The fraction of sp³-hybridized carbons (Fsp3) is 0.0625. The molecule has 20 heavy (non-hydrogen) atoms. The maximum absolute atomic E-state index is 13.9. The molecule has 0 atom stereocenters. The van der Waals surface area contributed by atoms with E-state index in [0.717, 1.165) is 10.4 Å². The largest absolute Gasteiger partial charge is 0.431 e. The Morgan fingerprint density at radius 1 is 1.10 bits per heavy atom. The van der Waals surface area contributed by atoms with E-state index in [4.69, 9.17) is 4.74 Å². The molecule has 0 saturated carbocycles. The van der Waals surface area contributed by atoms with Crippen molar-refractivity contribution in [1.29, 1.82) is 0 Å². The van der Waals surface area contributed by atoms with Crippen molar-refractivity contribution in [3.05, 3.63) is 65.4 Å². The Morgan fingerprint density at radius 3 is 2.60 bits per heavy atom. The van der Waals surface area contributed by atoms with Crippen molar-refractivity contribution >= 4 is 11.3 Å². The number of aryl methyl sites for hydroxylation is 1. The van der Waals surface area contributed by atoms with Gasteiger partial charge < -0.3 is 4.74 Å². The molecule has 0 bridgehead atoms. The molecule has 0 saturated heterocycles. The molecule has 0 radical (unpaired) electrons. The molecule has 0 unspecified atom stereocenters. The number of ether oxygens (including phenoxy) is 1. The number of hydrogen-bond acceptors (Lipinski definition) is 3. The Kier molecular flexibility index (Phi) is 3.48. The van der Waals surface area contributed by atoms with Crippen molar-refractivity contribution in [2.45, 2.75) is 6.92 Å². The van der Waals surface area contributed by atoms with Gasteiger partial charge in [0.25, 0.3) is 5.19 Å². The van der Waals surface area contributed by atoms with Crippen LogP contribution in [0.3, 0.4) is 0 Å². The fourth-order valence-corrected chi connectivity index (χ4v) is 2.51. The Labute approximate surface area is 120 Å². The molecule has 1 aromatic heterocycles. The van der Waals surface area contributed by atoms with Crippen LogP contribution in [0.5, 0.6) is 10.9 Å². The van der Waals surface area contributed by atoms with Crippen molar-refractivity contribution in [3.8, 4) is 22.1 Å². The van der Waals surface area contributed by atoms with Crippen LogP contribution in [0.1, 0.15) is 4.88 Å². The second kappa shape index (κ2) is 5.43. The summed E-state index contributed by atoms with van der Waals surface area (Å²) in [7, 11) is 0. The van der Waals surface area contributed by atoms with Crippen molar-refractivity contribution in [2.75, 3.05) is 0 Å². The van der Waals surface area contributed by atoms with Crippen LogP contribution in [0, 0.1) is 12.7 Å². The van der Waals surface area contributed by atoms with Gasteiger partial charge in [0.15, 0.2) is 0 Å². The average Bonchev–Trinajstić information content (AvgIpc) is 2.87. The number of rotatable bonds is 3. The van der Waals surface area contributed by atoms with E-state index < -0.39 is 0 Å². The molecule has 100 valence electrons. The highest BCUT2D eigenvalue weighted by Gasteiger charge is 2.08. The van der Waals surface area contributed by atoms with Crippen LogP contribution in [0.25, 0.3) is 11.1 Å². The third-order valence-corrected chi connectivity index (χ3v) is 3.62. The van der Waals surface area contributed by atoms with E-state index in [9.17, 15) is 4.39 Å². The van der Waals surface area contributed by atoms with E-state index >= 15 is 0 Å². The van der Waals surface area contributed by atoms with Crippen LogP contribution in [-0.2, 0) is 0 Å². The second-order valence-electron chi connectivity index (χ2n) is 4.35. The minimum atomic E-state index is -0.265. The Hall–Kier alpha value is -2.20. The molecule has 0 fully saturated rings. The minimum absolute atomic E-state index is 0.265. The van der Waals surface area contributed by atoms with Gasteiger partial charge in [0.05, 0.1) is 0 Å². The lowest BCUT2D eigenvalue weighted by Gasteiger charge is -2.07. The first-order valence-electron chi connectivity index (χ1n) is 6.17. The molecule has 2 nitrogen and oxygen atoms in total. The summed E-state index contributed by atoms with van der Waals surface area (Å²) in [5.41, 5.74) is 1.35. The molecule has 0 aliphatic rings. The minimum Gasteiger partial charge on any atom is -0.431 e. The lowest BCUT2D eigenvalue weighted by Crippen LogP contribution is -1.88. The van der Waals surface area contributed by atoms with Crippen molar-refractivity contribution in [1.82, 2.24) is 4.98 Å². The normalized spacial score (nSPS) is 10.5. The zero-order valence-corrected chi connectivity index (χ0v) is 11.7. The summed E-state index contributed by atoms with van der Waals surface area (Å²) >= 11 is 1.46. The predicted octanol–water partition coefficient (Wildman–Crippen LogP) is 5.05. The van der Waals surface area contributed by atoms with Gasteiger partial charge in [-0.05, 0) is 30.7 Å². The van der Waals surface area contributed by atoms with Crippen LogP contribution < -0.4 is 4.74 Å². The van der Waals surface area contributed by atoms with Gasteiger partial charge in [0, 0.05) is 16.6 Å². The first-order chi connectivity index (χ1) is 9.72. The molecule has 4 heteroatoms. The van der Waals surface area contributed by atoms with Gasteiger partial charge in [-0.3, -0.25) is 0 Å². The van der Waals surface area contributed by atoms with Gasteiger partial charge in [0.2, 0.25) is 0 Å². The smallest absolute Gasteiger partial charge is 0.278 e. The lowest BCUT2D eigenvalue weighted by atomic mass is 10.1. The third-order valence-electron chi connectivity index (χ3n) is 2.83. The Bertz CT molecular complexity index is 724. The molecular formula is C16H12FNOS. The standard InChI is InChI=1S/C16H12FNOS/c1-11-10-18-16(20-11)19-13-7-8-15(17)14(9-13)12-5-3-2-4-6-12/h2-10H,1H3. The lowest BCUT2D eigenvalue weighted by molar-refractivity contribution is 0.477. The zero-order chi connectivity index (χ0) is 13.9. The summed E-state index contributed by atoms with van der Waals surface area (Å²) in [6.07, 6.45) is 1.75. The number of hydrogen-bond donors (Lipinski definition) is 0. The zero-order valence-electron chi connectivity index (χ0n) is 10.8. The van der Waals surface area contributed by atoms with Gasteiger partial charge in [0.1, 0.15) is 11.6 Å². The summed E-state index contributed by atoms with van der Waals surface area (Å²) in [6, 6.07) is 14.1. The first kappa shape index (κ1) is 12.8. The van der Waals surface area contributed by atoms with E-state index in [-0.39, 0.29) is 5.82 Å². The van der Waals surface area contributed by atoms with Gasteiger partial charge in [-0.1, -0.05) is 41.7 Å². The molecular weight excluding hydrogens is 273 g/mol. The molecule has 3 aromatic rings. The molecule has 0 amide bonds. The van der Waals surface area contributed by atoms with Gasteiger partial charge in [-0.25, -0.2) is 9.37 Å². The van der Waals surface area contributed by atoms with Crippen molar-refractivity contribution in [2.24, 2.45) is 0 Å².